The Hall–Kier alpha value is -1.19. The van der Waals surface area contributed by atoms with Crippen LogP contribution in [0.3, 0.4) is 0 Å². The lowest BCUT2D eigenvalue weighted by molar-refractivity contribution is 0.562. The first-order chi connectivity index (χ1) is 8.06. The van der Waals surface area contributed by atoms with E-state index < -0.39 is 0 Å². The number of hydrogen-bond acceptors (Lipinski definition) is 3. The van der Waals surface area contributed by atoms with Gasteiger partial charge in [0.15, 0.2) is 0 Å². The van der Waals surface area contributed by atoms with Gasteiger partial charge in [-0.2, -0.15) is 5.10 Å². The maximum atomic E-state index is 6.03. The molecule has 1 aromatic heterocycles. The lowest BCUT2D eigenvalue weighted by Crippen LogP contribution is -2.10. The van der Waals surface area contributed by atoms with E-state index in [-0.39, 0.29) is 0 Å². The second-order valence-electron chi connectivity index (χ2n) is 5.03. The summed E-state index contributed by atoms with van der Waals surface area (Å²) in [7, 11) is 0. The van der Waals surface area contributed by atoms with Crippen molar-refractivity contribution in [3.8, 4) is 0 Å². The Morgan fingerprint density at radius 3 is 2.71 bits per heavy atom. The maximum Gasteiger partial charge on any atom is 0.148 e. The molecule has 98 valence electrons. The molecule has 0 aliphatic carbocycles. The predicted molar refractivity (Wildman–Crippen MR) is 74.2 cm³/mol. The predicted octanol–water partition coefficient (Wildman–Crippen LogP) is 3.03. The smallest absolute Gasteiger partial charge is 0.148 e. The van der Waals surface area contributed by atoms with E-state index in [1.165, 1.54) is 12.8 Å². The number of nitrogens with one attached hydrogen (secondary N) is 1. The molecule has 0 aromatic carbocycles. The van der Waals surface area contributed by atoms with Gasteiger partial charge in [0, 0.05) is 13.1 Å². The van der Waals surface area contributed by atoms with Crippen LogP contribution in [0, 0.1) is 12.8 Å². The topological polar surface area (TPSA) is 55.9 Å². The monoisotopic (exact) mass is 238 g/mol. The van der Waals surface area contributed by atoms with Crippen molar-refractivity contribution in [1.82, 2.24) is 9.78 Å². The number of nitrogens with zero attached hydrogens (tertiary/aromatic N) is 2. The molecule has 0 aliphatic rings. The molecule has 0 fully saturated rings. The van der Waals surface area contributed by atoms with Gasteiger partial charge < -0.3 is 11.1 Å². The zero-order valence-corrected chi connectivity index (χ0v) is 11.6. The highest BCUT2D eigenvalue weighted by molar-refractivity contribution is 5.64. The van der Waals surface area contributed by atoms with Crippen LogP contribution in [0.1, 0.15) is 45.7 Å². The van der Waals surface area contributed by atoms with E-state index in [9.17, 15) is 0 Å². The second-order valence-corrected chi connectivity index (χ2v) is 5.03. The average molecular weight is 238 g/mol. The van der Waals surface area contributed by atoms with Crippen molar-refractivity contribution in [1.29, 1.82) is 0 Å². The molecule has 3 N–H and O–H groups in total. The third-order valence-corrected chi connectivity index (χ3v) is 2.86. The molecule has 4 nitrogen and oxygen atoms in total. The van der Waals surface area contributed by atoms with Gasteiger partial charge in [0.1, 0.15) is 5.82 Å². The number of aryl methyl sites for hydroxylation is 2. The Balaban J connectivity index is 2.56. The standard InChI is InChI=1S/C13H26N4/c1-5-9-17-13(12(14)11(4)16-17)15-8-6-7-10(2)3/h10,15H,5-9,14H2,1-4H3. The molecule has 1 rings (SSSR count). The molecular weight excluding hydrogens is 212 g/mol. The number of nitrogen functional groups attached to an aromatic ring is 1. The second kappa shape index (κ2) is 6.52. The van der Waals surface area contributed by atoms with E-state index in [0.717, 1.165) is 42.6 Å². The van der Waals surface area contributed by atoms with Gasteiger partial charge in [0.25, 0.3) is 0 Å². The normalized spacial score (nSPS) is 11.1. The number of aromatic nitrogens is 2. The lowest BCUT2D eigenvalue weighted by Gasteiger charge is -2.10. The van der Waals surface area contributed by atoms with Gasteiger partial charge in [-0.15, -0.1) is 0 Å². The van der Waals surface area contributed by atoms with Crippen LogP contribution in [-0.2, 0) is 6.54 Å². The van der Waals surface area contributed by atoms with Crippen LogP contribution in [0.5, 0.6) is 0 Å². The number of hydrogen-bond donors (Lipinski definition) is 2. The molecular formula is C13H26N4. The Kier molecular flexibility index (Phi) is 5.32. The Labute approximate surface area is 105 Å². The van der Waals surface area contributed by atoms with Crippen molar-refractivity contribution < 1.29 is 0 Å². The van der Waals surface area contributed by atoms with Crippen molar-refractivity contribution in [3.63, 3.8) is 0 Å². The number of anilines is 2. The van der Waals surface area contributed by atoms with Crippen molar-refractivity contribution in [3.05, 3.63) is 5.69 Å². The molecule has 0 saturated heterocycles. The summed E-state index contributed by atoms with van der Waals surface area (Å²) < 4.78 is 1.99. The third-order valence-electron chi connectivity index (χ3n) is 2.86. The summed E-state index contributed by atoms with van der Waals surface area (Å²) in [6.07, 6.45) is 3.49. The molecule has 0 bridgehead atoms. The number of nitrogens with two attached hydrogens (primary N) is 1. The van der Waals surface area contributed by atoms with E-state index >= 15 is 0 Å². The molecule has 1 heterocycles. The van der Waals surface area contributed by atoms with Gasteiger partial charge in [-0.05, 0) is 32.1 Å². The largest absolute Gasteiger partial charge is 0.394 e. The van der Waals surface area contributed by atoms with Gasteiger partial charge in [-0.1, -0.05) is 20.8 Å². The Morgan fingerprint density at radius 1 is 1.41 bits per heavy atom. The molecule has 0 saturated carbocycles. The summed E-state index contributed by atoms with van der Waals surface area (Å²) in [6, 6.07) is 0. The van der Waals surface area contributed by atoms with Crippen molar-refractivity contribution in [2.75, 3.05) is 17.6 Å². The van der Waals surface area contributed by atoms with Crippen LogP contribution < -0.4 is 11.1 Å². The first-order valence-corrected chi connectivity index (χ1v) is 6.63. The van der Waals surface area contributed by atoms with E-state index in [1.54, 1.807) is 0 Å². The highest BCUT2D eigenvalue weighted by atomic mass is 15.3. The molecule has 0 spiro atoms. The molecule has 0 radical (unpaired) electrons. The number of rotatable bonds is 7. The SMILES string of the molecule is CCCn1nc(C)c(N)c1NCCCC(C)C. The fraction of sp³-hybridized carbons (Fsp3) is 0.769. The van der Waals surface area contributed by atoms with Gasteiger partial charge in [-0.3, -0.25) is 0 Å². The highest BCUT2D eigenvalue weighted by Gasteiger charge is 2.10. The minimum absolute atomic E-state index is 0.761. The molecule has 0 atom stereocenters. The first kappa shape index (κ1) is 13.9. The third kappa shape index (κ3) is 3.95. The summed E-state index contributed by atoms with van der Waals surface area (Å²) in [6.45, 7) is 10.5. The summed E-state index contributed by atoms with van der Waals surface area (Å²) in [5.41, 5.74) is 7.75. The van der Waals surface area contributed by atoms with E-state index in [1.807, 2.05) is 11.6 Å². The summed E-state index contributed by atoms with van der Waals surface area (Å²) in [5.74, 6) is 1.75. The quantitative estimate of drug-likeness (QED) is 0.718. The average Bonchev–Trinajstić information content (AvgIpc) is 2.51. The van der Waals surface area contributed by atoms with Crippen LogP contribution in [0.2, 0.25) is 0 Å². The summed E-state index contributed by atoms with van der Waals surface area (Å²) >= 11 is 0. The minimum Gasteiger partial charge on any atom is -0.394 e. The van der Waals surface area contributed by atoms with Crippen molar-refractivity contribution >= 4 is 11.5 Å². The van der Waals surface area contributed by atoms with E-state index in [4.69, 9.17) is 5.73 Å². The fourth-order valence-corrected chi connectivity index (χ4v) is 1.87. The summed E-state index contributed by atoms with van der Waals surface area (Å²) in [4.78, 5) is 0. The Morgan fingerprint density at radius 2 is 2.12 bits per heavy atom. The van der Waals surface area contributed by atoms with Crippen LogP contribution >= 0.6 is 0 Å². The van der Waals surface area contributed by atoms with Crippen LogP contribution in [-0.4, -0.2) is 16.3 Å². The van der Waals surface area contributed by atoms with Gasteiger partial charge in [0.2, 0.25) is 0 Å². The van der Waals surface area contributed by atoms with Gasteiger partial charge in [-0.25, -0.2) is 4.68 Å². The Bertz CT molecular complexity index is 341. The molecule has 17 heavy (non-hydrogen) atoms. The van der Waals surface area contributed by atoms with Crippen molar-refractivity contribution in [2.45, 2.75) is 53.5 Å². The van der Waals surface area contributed by atoms with Crippen LogP contribution in [0.25, 0.3) is 0 Å². The maximum absolute atomic E-state index is 6.03. The summed E-state index contributed by atoms with van der Waals surface area (Å²) in [5, 5.41) is 7.86. The zero-order chi connectivity index (χ0) is 12.8. The minimum atomic E-state index is 0.761. The first-order valence-electron chi connectivity index (χ1n) is 6.63. The van der Waals surface area contributed by atoms with Crippen LogP contribution in [0.4, 0.5) is 11.5 Å². The molecule has 4 heteroatoms. The van der Waals surface area contributed by atoms with E-state index in [0.29, 0.717) is 0 Å². The van der Waals surface area contributed by atoms with Crippen molar-refractivity contribution in [2.24, 2.45) is 5.92 Å². The highest BCUT2D eigenvalue weighted by Crippen LogP contribution is 2.22. The molecule has 0 aliphatic heterocycles. The van der Waals surface area contributed by atoms with Gasteiger partial charge >= 0.3 is 0 Å². The fourth-order valence-electron chi connectivity index (χ4n) is 1.87. The molecule has 0 amide bonds. The van der Waals surface area contributed by atoms with Crippen LogP contribution in [0.15, 0.2) is 0 Å². The van der Waals surface area contributed by atoms with E-state index in [2.05, 4.69) is 31.2 Å². The lowest BCUT2D eigenvalue weighted by atomic mass is 10.1. The molecule has 0 unspecified atom stereocenters. The zero-order valence-electron chi connectivity index (χ0n) is 11.6. The molecule has 1 aromatic rings. The van der Waals surface area contributed by atoms with Gasteiger partial charge in [0.05, 0.1) is 11.4 Å².